The third-order valence-corrected chi connectivity index (χ3v) is 9.26. The molecule has 0 saturated heterocycles. The van der Waals surface area contributed by atoms with Crippen molar-refractivity contribution >= 4 is 5.97 Å². The Balaban J connectivity index is 1.28. The van der Waals surface area contributed by atoms with E-state index < -0.39 is 0 Å². The quantitative estimate of drug-likeness (QED) is 0.241. The summed E-state index contributed by atoms with van der Waals surface area (Å²) in [7, 11) is 0. The van der Waals surface area contributed by atoms with Gasteiger partial charge in [-0.1, -0.05) is 65.2 Å². The largest absolute Gasteiger partial charge is 0.462 e. The fourth-order valence-electron chi connectivity index (χ4n) is 7.16. The molecule has 0 N–H and O–H groups in total. The minimum absolute atomic E-state index is 0.0532. The average molecular weight is 433 g/mol. The second-order valence-electron chi connectivity index (χ2n) is 11.4. The maximum Gasteiger partial charge on any atom is 0.306 e. The molecule has 0 spiro atoms. The van der Waals surface area contributed by atoms with Gasteiger partial charge in [-0.2, -0.15) is 0 Å². The second kappa shape index (κ2) is 13.9. The zero-order chi connectivity index (χ0) is 21.9. The van der Waals surface area contributed by atoms with E-state index in [0.29, 0.717) is 6.42 Å². The molecule has 180 valence electrons. The van der Waals surface area contributed by atoms with E-state index in [9.17, 15) is 4.79 Å². The van der Waals surface area contributed by atoms with Crippen molar-refractivity contribution in [3.05, 3.63) is 0 Å². The van der Waals surface area contributed by atoms with Crippen molar-refractivity contribution in [1.29, 1.82) is 0 Å². The van der Waals surface area contributed by atoms with Crippen LogP contribution in [0.5, 0.6) is 0 Å². The van der Waals surface area contributed by atoms with Crippen LogP contribution in [0.4, 0.5) is 0 Å². The first kappa shape index (κ1) is 25.1. The molecule has 0 aromatic rings. The first-order valence-corrected chi connectivity index (χ1v) is 14.4. The standard InChI is InChI=1S/C29H52O2/c1-3-5-7-9-23-11-13-24(14-12-23)25-15-17-26(18-16-25)27-19-21-28(22-20-27)31-29(30)10-8-6-4-2/h23-28H,3-22H2,1-2H3. The number of hydrogen-bond acceptors (Lipinski definition) is 2. The molecule has 0 aromatic carbocycles. The van der Waals surface area contributed by atoms with Gasteiger partial charge in [-0.05, 0) is 100 Å². The van der Waals surface area contributed by atoms with Crippen LogP contribution in [0.1, 0.15) is 142 Å². The minimum Gasteiger partial charge on any atom is -0.462 e. The predicted octanol–water partition coefficient (Wildman–Crippen LogP) is 8.86. The molecule has 0 heterocycles. The van der Waals surface area contributed by atoms with Gasteiger partial charge in [0.15, 0.2) is 0 Å². The van der Waals surface area contributed by atoms with Crippen LogP contribution in [-0.4, -0.2) is 12.1 Å². The van der Waals surface area contributed by atoms with E-state index in [2.05, 4.69) is 13.8 Å². The summed E-state index contributed by atoms with van der Waals surface area (Å²) >= 11 is 0. The van der Waals surface area contributed by atoms with Crippen LogP contribution in [0.3, 0.4) is 0 Å². The first-order chi connectivity index (χ1) is 15.2. The smallest absolute Gasteiger partial charge is 0.306 e. The summed E-state index contributed by atoms with van der Waals surface area (Å²) in [6.07, 6.45) is 26.8. The van der Waals surface area contributed by atoms with E-state index in [4.69, 9.17) is 4.74 Å². The Morgan fingerprint density at radius 1 is 0.613 bits per heavy atom. The Kier molecular flexibility index (Phi) is 11.2. The lowest BCUT2D eigenvalue weighted by Gasteiger charge is -2.41. The van der Waals surface area contributed by atoms with Gasteiger partial charge < -0.3 is 4.74 Å². The minimum atomic E-state index is 0.0532. The highest BCUT2D eigenvalue weighted by Gasteiger charge is 2.35. The maximum atomic E-state index is 12.0. The van der Waals surface area contributed by atoms with E-state index in [1.807, 2.05) is 0 Å². The van der Waals surface area contributed by atoms with Crippen molar-refractivity contribution in [3.63, 3.8) is 0 Å². The molecular formula is C29H52O2. The maximum absolute atomic E-state index is 12.0. The Labute approximate surface area is 193 Å². The summed E-state index contributed by atoms with van der Waals surface area (Å²) < 4.78 is 5.77. The molecule has 2 heteroatoms. The van der Waals surface area contributed by atoms with Gasteiger partial charge in [-0.3, -0.25) is 4.79 Å². The average Bonchev–Trinajstić information content (AvgIpc) is 2.81. The van der Waals surface area contributed by atoms with E-state index in [1.165, 1.54) is 96.3 Å². The van der Waals surface area contributed by atoms with Crippen molar-refractivity contribution in [1.82, 2.24) is 0 Å². The van der Waals surface area contributed by atoms with Crippen molar-refractivity contribution in [2.45, 2.75) is 148 Å². The predicted molar refractivity (Wildman–Crippen MR) is 131 cm³/mol. The van der Waals surface area contributed by atoms with E-state index >= 15 is 0 Å². The van der Waals surface area contributed by atoms with Crippen LogP contribution in [0, 0.1) is 29.6 Å². The number of carbonyl (C=O) groups excluding carboxylic acids is 1. The summed E-state index contributed by atoms with van der Waals surface area (Å²) in [5.74, 6) is 5.06. The van der Waals surface area contributed by atoms with Crippen LogP contribution in [0.15, 0.2) is 0 Å². The molecule has 3 fully saturated rings. The van der Waals surface area contributed by atoms with Gasteiger partial charge in [0.2, 0.25) is 0 Å². The molecule has 0 aliphatic heterocycles. The zero-order valence-corrected chi connectivity index (χ0v) is 20.9. The summed E-state index contributed by atoms with van der Waals surface area (Å²) in [6.45, 7) is 4.50. The third-order valence-electron chi connectivity index (χ3n) is 9.26. The Morgan fingerprint density at radius 3 is 1.58 bits per heavy atom. The van der Waals surface area contributed by atoms with Crippen LogP contribution in [-0.2, 0) is 9.53 Å². The Bertz CT molecular complexity index is 477. The molecule has 2 nitrogen and oxygen atoms in total. The van der Waals surface area contributed by atoms with Crippen molar-refractivity contribution in [2.24, 2.45) is 29.6 Å². The van der Waals surface area contributed by atoms with Gasteiger partial charge >= 0.3 is 5.97 Å². The Hall–Kier alpha value is -0.530. The topological polar surface area (TPSA) is 26.3 Å². The summed E-state index contributed by atoms with van der Waals surface area (Å²) in [4.78, 5) is 12.0. The van der Waals surface area contributed by atoms with Crippen LogP contribution >= 0.6 is 0 Å². The molecular weight excluding hydrogens is 380 g/mol. The fourth-order valence-corrected chi connectivity index (χ4v) is 7.16. The van der Waals surface area contributed by atoms with Crippen molar-refractivity contribution in [3.8, 4) is 0 Å². The summed E-state index contributed by atoms with van der Waals surface area (Å²) in [5.41, 5.74) is 0. The number of unbranched alkanes of at least 4 members (excludes halogenated alkanes) is 4. The molecule has 0 bridgehead atoms. The first-order valence-electron chi connectivity index (χ1n) is 14.4. The summed E-state index contributed by atoms with van der Waals surface area (Å²) in [6, 6.07) is 0. The van der Waals surface area contributed by atoms with E-state index in [1.54, 1.807) is 0 Å². The zero-order valence-electron chi connectivity index (χ0n) is 20.9. The van der Waals surface area contributed by atoms with Crippen molar-refractivity contribution < 1.29 is 9.53 Å². The fraction of sp³-hybridized carbons (Fsp3) is 0.966. The molecule has 31 heavy (non-hydrogen) atoms. The van der Waals surface area contributed by atoms with E-state index in [-0.39, 0.29) is 12.1 Å². The van der Waals surface area contributed by atoms with Crippen molar-refractivity contribution in [2.75, 3.05) is 0 Å². The Morgan fingerprint density at radius 2 is 1.06 bits per heavy atom. The lowest BCUT2D eigenvalue weighted by molar-refractivity contribution is -0.151. The van der Waals surface area contributed by atoms with Gasteiger partial charge in [0.05, 0.1) is 0 Å². The number of hydrogen-bond donors (Lipinski definition) is 0. The van der Waals surface area contributed by atoms with Crippen LogP contribution < -0.4 is 0 Å². The SMILES string of the molecule is CCCCCC(=O)OC1CCC(C2CCC(C3CCC(CCCCC)CC3)CC2)CC1. The molecule has 3 rings (SSSR count). The monoisotopic (exact) mass is 432 g/mol. The van der Waals surface area contributed by atoms with Gasteiger partial charge in [0.25, 0.3) is 0 Å². The molecule has 0 aromatic heterocycles. The highest BCUT2D eigenvalue weighted by Crippen LogP contribution is 2.46. The lowest BCUT2D eigenvalue weighted by Crippen LogP contribution is -2.31. The molecule has 0 radical (unpaired) electrons. The van der Waals surface area contributed by atoms with E-state index in [0.717, 1.165) is 55.3 Å². The summed E-state index contributed by atoms with van der Waals surface area (Å²) in [5, 5.41) is 0. The van der Waals surface area contributed by atoms with Gasteiger partial charge in [-0.25, -0.2) is 0 Å². The molecule has 3 aliphatic carbocycles. The highest BCUT2D eigenvalue weighted by molar-refractivity contribution is 5.69. The van der Waals surface area contributed by atoms with Gasteiger partial charge in [0.1, 0.15) is 6.10 Å². The van der Waals surface area contributed by atoms with Gasteiger partial charge in [-0.15, -0.1) is 0 Å². The highest BCUT2D eigenvalue weighted by atomic mass is 16.5. The number of carbonyl (C=O) groups is 1. The van der Waals surface area contributed by atoms with Gasteiger partial charge in [0, 0.05) is 6.42 Å². The third kappa shape index (κ3) is 8.39. The number of esters is 1. The van der Waals surface area contributed by atoms with Crippen LogP contribution in [0.25, 0.3) is 0 Å². The lowest BCUT2D eigenvalue weighted by atomic mass is 9.65. The molecule has 3 saturated carbocycles. The second-order valence-corrected chi connectivity index (χ2v) is 11.4. The molecule has 3 aliphatic rings. The molecule has 0 atom stereocenters. The molecule has 0 unspecified atom stereocenters. The molecule has 0 amide bonds. The normalized spacial score (nSPS) is 34.4. The number of ether oxygens (including phenoxy) is 1. The van der Waals surface area contributed by atoms with Crippen LogP contribution in [0.2, 0.25) is 0 Å². The number of rotatable bonds is 11.